The van der Waals surface area contributed by atoms with Crippen LogP contribution in [-0.2, 0) is 11.3 Å². The molecule has 0 aromatic heterocycles. The van der Waals surface area contributed by atoms with Crippen LogP contribution in [0, 0.1) is 5.82 Å². The van der Waals surface area contributed by atoms with Gasteiger partial charge >= 0.3 is 0 Å². The Morgan fingerprint density at radius 1 is 1.10 bits per heavy atom. The number of nitrogens with zero attached hydrogens (tertiary/aromatic N) is 2. The molecule has 1 N–H and O–H groups in total. The van der Waals surface area contributed by atoms with E-state index in [9.17, 15) is 14.3 Å². The van der Waals surface area contributed by atoms with E-state index >= 15 is 0 Å². The molecule has 7 heteroatoms. The molecule has 6 nitrogen and oxygen atoms in total. The first kappa shape index (κ1) is 19.2. The monoisotopic (exact) mass is 412 g/mol. The van der Waals surface area contributed by atoms with E-state index in [1.165, 1.54) is 12.1 Å². The minimum Gasteiger partial charge on any atom is -0.486 e. The highest BCUT2D eigenvalue weighted by molar-refractivity contribution is 5.78. The molecule has 0 spiro atoms. The highest BCUT2D eigenvalue weighted by Gasteiger charge is 2.34. The molecule has 1 fully saturated rings. The Labute approximate surface area is 174 Å². The van der Waals surface area contributed by atoms with Crippen molar-refractivity contribution in [2.45, 2.75) is 38.0 Å². The predicted octanol–water partition coefficient (Wildman–Crippen LogP) is 3.03. The Kier molecular flexibility index (Phi) is 4.98. The molecule has 0 saturated heterocycles. The van der Waals surface area contributed by atoms with Gasteiger partial charge in [0.1, 0.15) is 19.0 Å². The topological polar surface area (TPSA) is 62.2 Å². The van der Waals surface area contributed by atoms with Crippen LogP contribution >= 0.6 is 0 Å². The van der Waals surface area contributed by atoms with Crippen LogP contribution in [0.3, 0.4) is 0 Å². The van der Waals surface area contributed by atoms with E-state index in [1.807, 2.05) is 15.9 Å². The molecule has 1 amide bonds. The van der Waals surface area contributed by atoms with Gasteiger partial charge in [0.2, 0.25) is 5.91 Å². The number of rotatable bonds is 4. The zero-order valence-electron chi connectivity index (χ0n) is 16.7. The van der Waals surface area contributed by atoms with Crippen LogP contribution < -0.4 is 14.4 Å². The van der Waals surface area contributed by atoms with E-state index in [-0.39, 0.29) is 17.8 Å². The summed E-state index contributed by atoms with van der Waals surface area (Å²) in [5.41, 5.74) is 2.37. The number of hydrogen-bond acceptors (Lipinski definition) is 5. The van der Waals surface area contributed by atoms with Gasteiger partial charge in [-0.1, -0.05) is 6.07 Å². The molecule has 158 valence electrons. The summed E-state index contributed by atoms with van der Waals surface area (Å²) in [6, 6.07) is 10.4. The summed E-state index contributed by atoms with van der Waals surface area (Å²) < 4.78 is 25.2. The van der Waals surface area contributed by atoms with Gasteiger partial charge in [-0.05, 0) is 54.3 Å². The normalized spacial score (nSPS) is 19.7. The van der Waals surface area contributed by atoms with Crippen LogP contribution in [0.1, 0.15) is 36.5 Å². The molecule has 30 heavy (non-hydrogen) atoms. The summed E-state index contributed by atoms with van der Waals surface area (Å²) in [6.45, 7) is 2.18. The van der Waals surface area contributed by atoms with E-state index in [0.717, 1.165) is 29.7 Å². The van der Waals surface area contributed by atoms with Crippen molar-refractivity contribution in [3.05, 3.63) is 53.3 Å². The van der Waals surface area contributed by atoms with Gasteiger partial charge in [-0.25, -0.2) is 4.39 Å². The van der Waals surface area contributed by atoms with Crippen molar-refractivity contribution in [3.63, 3.8) is 0 Å². The van der Waals surface area contributed by atoms with Crippen LogP contribution in [0.5, 0.6) is 11.5 Å². The summed E-state index contributed by atoms with van der Waals surface area (Å²) in [7, 11) is 0. The Bertz CT molecular complexity index is 962. The fourth-order valence-corrected chi connectivity index (χ4v) is 4.25. The van der Waals surface area contributed by atoms with Crippen molar-refractivity contribution < 1.29 is 23.8 Å². The van der Waals surface area contributed by atoms with Crippen molar-refractivity contribution in [3.8, 4) is 11.5 Å². The third kappa shape index (κ3) is 3.81. The van der Waals surface area contributed by atoms with E-state index in [4.69, 9.17) is 9.47 Å². The van der Waals surface area contributed by atoms with Gasteiger partial charge in [0.15, 0.2) is 11.5 Å². The Balaban J connectivity index is 1.40. The SMILES string of the molecule is O=C1CCN(CC(O)c2ccc3c(c2)OCCO3)c2ccc(F)cc2CN1C1CC1. The quantitative estimate of drug-likeness (QED) is 0.837. The summed E-state index contributed by atoms with van der Waals surface area (Å²) in [5.74, 6) is 1.08. The summed E-state index contributed by atoms with van der Waals surface area (Å²) in [6.07, 6.45) is 1.63. The highest BCUT2D eigenvalue weighted by atomic mass is 19.1. The van der Waals surface area contributed by atoms with Crippen LogP contribution in [-0.4, -0.2) is 48.3 Å². The molecule has 1 atom stereocenters. The molecule has 1 unspecified atom stereocenters. The van der Waals surface area contributed by atoms with Gasteiger partial charge in [0, 0.05) is 37.8 Å². The van der Waals surface area contributed by atoms with Crippen LogP contribution in [0.4, 0.5) is 10.1 Å². The zero-order valence-corrected chi connectivity index (χ0v) is 16.7. The van der Waals surface area contributed by atoms with Gasteiger partial charge in [-0.3, -0.25) is 4.79 Å². The number of anilines is 1. The van der Waals surface area contributed by atoms with Gasteiger partial charge in [-0.2, -0.15) is 0 Å². The molecule has 2 heterocycles. The maximum atomic E-state index is 14.0. The number of hydrogen-bond donors (Lipinski definition) is 1. The average Bonchev–Trinajstić information content (AvgIpc) is 3.59. The van der Waals surface area contributed by atoms with Gasteiger partial charge < -0.3 is 24.4 Å². The molecular weight excluding hydrogens is 387 g/mol. The number of aliphatic hydroxyl groups excluding tert-OH is 1. The second-order valence-corrected chi connectivity index (χ2v) is 8.14. The first-order chi connectivity index (χ1) is 14.6. The van der Waals surface area contributed by atoms with Crippen molar-refractivity contribution in [1.29, 1.82) is 0 Å². The van der Waals surface area contributed by atoms with Crippen LogP contribution in [0.2, 0.25) is 0 Å². The first-order valence-electron chi connectivity index (χ1n) is 10.5. The van der Waals surface area contributed by atoms with Crippen LogP contribution in [0.15, 0.2) is 36.4 Å². The molecule has 1 saturated carbocycles. The molecular formula is C23H25FN2O4. The van der Waals surface area contributed by atoms with E-state index in [2.05, 4.69) is 0 Å². The Morgan fingerprint density at radius 3 is 2.70 bits per heavy atom. The van der Waals surface area contributed by atoms with Crippen molar-refractivity contribution in [1.82, 2.24) is 4.90 Å². The van der Waals surface area contributed by atoms with Crippen molar-refractivity contribution in [2.75, 3.05) is 31.2 Å². The number of β-amino-alcohol motifs (C(OH)–C–C–N with tert-alkyl or cyclic N) is 1. The number of aliphatic hydroxyl groups is 1. The molecule has 2 aliphatic heterocycles. The first-order valence-corrected chi connectivity index (χ1v) is 10.5. The Morgan fingerprint density at radius 2 is 1.90 bits per heavy atom. The summed E-state index contributed by atoms with van der Waals surface area (Å²) >= 11 is 0. The standard InChI is InChI=1S/C23H25FN2O4/c24-17-2-5-19-16(11-17)13-26(18-3-4-18)23(28)7-8-25(19)14-20(27)15-1-6-21-22(12-15)30-10-9-29-21/h1-2,5-6,11-12,18,20,27H,3-4,7-10,13-14H2. The summed E-state index contributed by atoms with van der Waals surface area (Å²) in [4.78, 5) is 16.6. The number of halogens is 1. The molecule has 2 aromatic rings. The van der Waals surface area contributed by atoms with Gasteiger partial charge in [0.25, 0.3) is 0 Å². The lowest BCUT2D eigenvalue weighted by Crippen LogP contribution is -2.40. The number of benzene rings is 2. The lowest BCUT2D eigenvalue weighted by molar-refractivity contribution is -0.132. The van der Waals surface area contributed by atoms with E-state index < -0.39 is 6.10 Å². The molecule has 1 aliphatic carbocycles. The van der Waals surface area contributed by atoms with Crippen molar-refractivity contribution >= 4 is 11.6 Å². The lowest BCUT2D eigenvalue weighted by atomic mass is 10.0. The van der Waals surface area contributed by atoms with E-state index in [0.29, 0.717) is 50.8 Å². The third-order valence-electron chi connectivity index (χ3n) is 5.97. The predicted molar refractivity (Wildman–Crippen MR) is 109 cm³/mol. The van der Waals surface area contributed by atoms with E-state index in [1.54, 1.807) is 18.2 Å². The molecule has 2 aromatic carbocycles. The number of carbonyl (C=O) groups excluding carboxylic acids is 1. The van der Waals surface area contributed by atoms with Crippen LogP contribution in [0.25, 0.3) is 0 Å². The van der Waals surface area contributed by atoms with Crippen molar-refractivity contribution in [2.24, 2.45) is 0 Å². The maximum absolute atomic E-state index is 14.0. The number of ether oxygens (including phenoxy) is 2. The second kappa shape index (κ2) is 7.80. The molecule has 5 rings (SSSR count). The zero-order chi connectivity index (χ0) is 20.7. The largest absolute Gasteiger partial charge is 0.486 e. The highest BCUT2D eigenvalue weighted by Crippen LogP contribution is 2.36. The molecule has 3 aliphatic rings. The molecule has 0 bridgehead atoms. The molecule has 0 radical (unpaired) electrons. The Hall–Kier alpha value is -2.80. The number of amides is 1. The average molecular weight is 412 g/mol. The fraction of sp³-hybridized carbons (Fsp3) is 0.435. The van der Waals surface area contributed by atoms with Gasteiger partial charge in [0.05, 0.1) is 6.10 Å². The lowest BCUT2D eigenvalue weighted by Gasteiger charge is -2.34. The number of fused-ring (bicyclic) bond motifs is 2. The summed E-state index contributed by atoms with van der Waals surface area (Å²) in [5, 5.41) is 10.9. The minimum atomic E-state index is -0.784. The van der Waals surface area contributed by atoms with Gasteiger partial charge in [-0.15, -0.1) is 0 Å². The third-order valence-corrected chi connectivity index (χ3v) is 5.97. The fourth-order valence-electron chi connectivity index (χ4n) is 4.25. The maximum Gasteiger partial charge on any atom is 0.224 e. The smallest absolute Gasteiger partial charge is 0.224 e. The second-order valence-electron chi connectivity index (χ2n) is 8.14. The number of carbonyl (C=O) groups is 1. The minimum absolute atomic E-state index is 0.0891.